The average molecular weight is 310 g/mol. The van der Waals surface area contributed by atoms with Gasteiger partial charge in [-0.25, -0.2) is 0 Å². The monoisotopic (exact) mass is 310 g/mol. The van der Waals surface area contributed by atoms with Gasteiger partial charge >= 0.3 is 0 Å². The highest BCUT2D eigenvalue weighted by Crippen LogP contribution is 2.18. The van der Waals surface area contributed by atoms with Gasteiger partial charge in [0.15, 0.2) is 0 Å². The number of carbonyl (C=O) groups is 1. The zero-order chi connectivity index (χ0) is 17.0. The second-order valence-electron chi connectivity index (χ2n) is 6.64. The third-order valence-corrected chi connectivity index (χ3v) is 4.05. The van der Waals surface area contributed by atoms with Crippen molar-refractivity contribution in [2.75, 3.05) is 0 Å². The van der Waals surface area contributed by atoms with Crippen molar-refractivity contribution in [1.29, 1.82) is 0 Å². The first-order valence-corrected chi connectivity index (χ1v) is 8.01. The fraction of sp³-hybridized carbons (Fsp3) is 0.350. The Balaban J connectivity index is 2.04. The first kappa shape index (κ1) is 17.2. The van der Waals surface area contributed by atoms with E-state index in [4.69, 9.17) is 5.73 Å². The molecule has 0 saturated carbocycles. The van der Waals surface area contributed by atoms with Crippen LogP contribution in [0, 0.1) is 13.8 Å². The van der Waals surface area contributed by atoms with Crippen LogP contribution in [0.25, 0.3) is 0 Å². The van der Waals surface area contributed by atoms with Crippen molar-refractivity contribution in [3.63, 3.8) is 0 Å². The number of amides is 1. The highest BCUT2D eigenvalue weighted by Gasteiger charge is 2.31. The summed E-state index contributed by atoms with van der Waals surface area (Å²) >= 11 is 0. The van der Waals surface area contributed by atoms with Crippen molar-refractivity contribution in [1.82, 2.24) is 5.32 Å². The molecule has 2 unspecified atom stereocenters. The van der Waals surface area contributed by atoms with Crippen molar-refractivity contribution >= 4 is 5.91 Å². The standard InChI is InChI=1S/C20H26N2O/c1-14-10-15(2)12-17(11-14)13-16(3)22-19(23)20(4,21)18-8-6-5-7-9-18/h5-12,16H,13,21H2,1-4H3,(H,22,23). The molecule has 0 spiro atoms. The van der Waals surface area contributed by atoms with E-state index in [2.05, 4.69) is 37.4 Å². The molecule has 23 heavy (non-hydrogen) atoms. The van der Waals surface area contributed by atoms with Gasteiger partial charge < -0.3 is 11.1 Å². The number of rotatable bonds is 5. The molecule has 0 heterocycles. The lowest BCUT2D eigenvalue weighted by molar-refractivity contribution is -0.126. The molecule has 1 amide bonds. The van der Waals surface area contributed by atoms with Gasteiger partial charge in [-0.2, -0.15) is 0 Å². The molecule has 2 rings (SSSR count). The third-order valence-electron chi connectivity index (χ3n) is 4.05. The van der Waals surface area contributed by atoms with Crippen LogP contribution in [-0.2, 0) is 16.8 Å². The molecule has 0 bridgehead atoms. The van der Waals surface area contributed by atoms with Crippen molar-refractivity contribution in [3.05, 3.63) is 70.8 Å². The summed E-state index contributed by atoms with van der Waals surface area (Å²) in [5, 5.41) is 3.04. The Morgan fingerprint density at radius 1 is 1.13 bits per heavy atom. The number of nitrogens with two attached hydrogens (primary N) is 1. The minimum absolute atomic E-state index is 0.0234. The number of hydrogen-bond donors (Lipinski definition) is 2. The van der Waals surface area contributed by atoms with Crippen LogP contribution in [0.2, 0.25) is 0 Å². The molecule has 0 saturated heterocycles. The number of carbonyl (C=O) groups excluding carboxylic acids is 1. The van der Waals surface area contributed by atoms with E-state index < -0.39 is 5.54 Å². The third kappa shape index (κ3) is 4.42. The van der Waals surface area contributed by atoms with Gasteiger partial charge in [0.2, 0.25) is 5.91 Å². The highest BCUT2D eigenvalue weighted by molar-refractivity contribution is 5.87. The largest absolute Gasteiger partial charge is 0.351 e. The quantitative estimate of drug-likeness (QED) is 0.891. The Kier molecular flexibility index (Phi) is 5.22. The Morgan fingerprint density at radius 2 is 1.70 bits per heavy atom. The molecule has 2 aromatic rings. The maximum absolute atomic E-state index is 12.6. The second-order valence-corrected chi connectivity index (χ2v) is 6.64. The molecule has 3 N–H and O–H groups in total. The zero-order valence-corrected chi connectivity index (χ0v) is 14.4. The highest BCUT2D eigenvalue weighted by atomic mass is 16.2. The summed E-state index contributed by atoms with van der Waals surface area (Å²) in [7, 11) is 0. The van der Waals surface area contributed by atoms with Crippen LogP contribution >= 0.6 is 0 Å². The number of hydrogen-bond acceptors (Lipinski definition) is 2. The maximum atomic E-state index is 12.6. The first-order valence-electron chi connectivity index (χ1n) is 8.01. The normalized spacial score (nSPS) is 14.8. The van der Waals surface area contributed by atoms with E-state index in [1.807, 2.05) is 37.3 Å². The summed E-state index contributed by atoms with van der Waals surface area (Å²) in [6, 6.07) is 16.0. The van der Waals surface area contributed by atoms with E-state index in [-0.39, 0.29) is 11.9 Å². The van der Waals surface area contributed by atoms with Gasteiger partial charge in [-0.15, -0.1) is 0 Å². The van der Waals surface area contributed by atoms with Crippen LogP contribution in [0.15, 0.2) is 48.5 Å². The van der Waals surface area contributed by atoms with Crippen molar-refractivity contribution in [2.24, 2.45) is 5.73 Å². The molecule has 0 radical (unpaired) electrons. The molecule has 0 aliphatic heterocycles. The van der Waals surface area contributed by atoms with Gasteiger partial charge in [-0.3, -0.25) is 4.79 Å². The number of nitrogens with one attached hydrogen (secondary N) is 1. The Bertz CT molecular complexity index is 657. The minimum Gasteiger partial charge on any atom is -0.351 e. The summed E-state index contributed by atoms with van der Waals surface area (Å²) in [5.41, 5.74) is 9.76. The van der Waals surface area contributed by atoms with Crippen molar-refractivity contribution < 1.29 is 4.79 Å². The lowest BCUT2D eigenvalue weighted by Crippen LogP contribution is -2.51. The van der Waals surface area contributed by atoms with Crippen LogP contribution in [0.5, 0.6) is 0 Å². The van der Waals surface area contributed by atoms with Gasteiger partial charge in [0.25, 0.3) is 0 Å². The van der Waals surface area contributed by atoms with E-state index in [0.29, 0.717) is 0 Å². The van der Waals surface area contributed by atoms with E-state index >= 15 is 0 Å². The molecule has 0 aliphatic rings. The topological polar surface area (TPSA) is 55.1 Å². The molecule has 3 nitrogen and oxygen atoms in total. The predicted octanol–water partition coefficient (Wildman–Crippen LogP) is 3.22. The van der Waals surface area contributed by atoms with Gasteiger partial charge in [0.1, 0.15) is 5.54 Å². The van der Waals surface area contributed by atoms with Crippen LogP contribution in [0.1, 0.15) is 36.1 Å². The molecule has 2 aromatic carbocycles. The summed E-state index contributed by atoms with van der Waals surface area (Å²) in [5.74, 6) is -0.152. The molecule has 0 aliphatic carbocycles. The molecular formula is C20H26N2O. The van der Waals surface area contributed by atoms with Crippen LogP contribution in [0.3, 0.4) is 0 Å². The summed E-state index contributed by atoms with van der Waals surface area (Å²) in [6.07, 6.45) is 0.791. The van der Waals surface area contributed by atoms with Crippen LogP contribution < -0.4 is 11.1 Å². The SMILES string of the molecule is Cc1cc(C)cc(CC(C)NC(=O)C(C)(N)c2ccccc2)c1. The average Bonchev–Trinajstić information content (AvgIpc) is 2.46. The minimum atomic E-state index is -1.03. The molecular weight excluding hydrogens is 284 g/mol. The second kappa shape index (κ2) is 6.97. The summed E-state index contributed by atoms with van der Waals surface area (Å²) < 4.78 is 0. The molecule has 0 fully saturated rings. The van der Waals surface area contributed by atoms with E-state index in [1.165, 1.54) is 16.7 Å². The molecule has 122 valence electrons. The number of aryl methyl sites for hydroxylation is 2. The van der Waals surface area contributed by atoms with E-state index in [9.17, 15) is 4.79 Å². The van der Waals surface area contributed by atoms with Crippen molar-refractivity contribution in [3.8, 4) is 0 Å². The lowest BCUT2D eigenvalue weighted by Gasteiger charge is -2.26. The van der Waals surface area contributed by atoms with E-state index in [1.54, 1.807) is 6.92 Å². The molecule has 2 atom stereocenters. The Labute approximate surface area is 138 Å². The van der Waals surface area contributed by atoms with Crippen LogP contribution in [-0.4, -0.2) is 11.9 Å². The van der Waals surface area contributed by atoms with Crippen molar-refractivity contribution in [2.45, 2.75) is 45.7 Å². The van der Waals surface area contributed by atoms with Gasteiger partial charge in [-0.1, -0.05) is 59.7 Å². The smallest absolute Gasteiger partial charge is 0.244 e. The zero-order valence-electron chi connectivity index (χ0n) is 14.4. The Morgan fingerprint density at radius 3 is 2.26 bits per heavy atom. The number of benzene rings is 2. The fourth-order valence-electron chi connectivity index (χ4n) is 2.88. The predicted molar refractivity (Wildman–Crippen MR) is 95.2 cm³/mol. The van der Waals surface area contributed by atoms with Gasteiger partial charge in [-0.05, 0) is 45.2 Å². The molecule has 0 aromatic heterocycles. The lowest BCUT2D eigenvalue weighted by atomic mass is 9.91. The van der Waals surface area contributed by atoms with Gasteiger partial charge in [0.05, 0.1) is 0 Å². The first-order chi connectivity index (χ1) is 10.8. The van der Waals surface area contributed by atoms with Gasteiger partial charge in [0, 0.05) is 6.04 Å². The molecule has 3 heteroatoms. The fourth-order valence-corrected chi connectivity index (χ4v) is 2.88. The van der Waals surface area contributed by atoms with Crippen LogP contribution in [0.4, 0.5) is 0 Å². The van der Waals surface area contributed by atoms with E-state index in [0.717, 1.165) is 12.0 Å². The maximum Gasteiger partial charge on any atom is 0.244 e. The summed E-state index contributed by atoms with van der Waals surface area (Å²) in [6.45, 7) is 7.94. The summed E-state index contributed by atoms with van der Waals surface area (Å²) in [4.78, 5) is 12.6. The Hall–Kier alpha value is -2.13.